The van der Waals surface area contributed by atoms with E-state index in [-0.39, 0.29) is 5.97 Å². The summed E-state index contributed by atoms with van der Waals surface area (Å²) in [4.78, 5) is 11.1. The van der Waals surface area contributed by atoms with E-state index in [1.807, 2.05) is 6.92 Å². The fraction of sp³-hybridized carbons (Fsp3) is 0.909. The number of alkyl halides is 1. The molecule has 0 aliphatic carbocycles. The molecule has 0 saturated heterocycles. The molecule has 0 aromatic heterocycles. The summed E-state index contributed by atoms with van der Waals surface area (Å²) in [7, 11) is 0. The minimum Gasteiger partial charge on any atom is -0.446 e. The van der Waals surface area contributed by atoms with Crippen molar-refractivity contribution in [3.8, 4) is 0 Å². The van der Waals surface area contributed by atoms with Crippen molar-refractivity contribution in [2.75, 3.05) is 0 Å². The number of unbranched alkanes of at least 4 members (excludes halogenated alkanes) is 4. The van der Waals surface area contributed by atoms with E-state index in [1.165, 1.54) is 19.3 Å². The second kappa shape index (κ2) is 9.32. The molecule has 0 aliphatic rings. The summed E-state index contributed by atoms with van der Waals surface area (Å²) < 4.78 is 4.93. The van der Waals surface area contributed by atoms with Gasteiger partial charge in [0, 0.05) is 6.42 Å². The summed E-state index contributed by atoms with van der Waals surface area (Å²) in [6.45, 7) is 4.07. The van der Waals surface area contributed by atoms with Crippen LogP contribution in [0.5, 0.6) is 0 Å². The molecule has 0 amide bonds. The maximum atomic E-state index is 11.1. The lowest BCUT2D eigenvalue weighted by Crippen LogP contribution is -2.11. The first-order valence-corrected chi connectivity index (χ1v) is 5.97. The number of ether oxygens (including phenoxy) is 1. The molecule has 0 fully saturated rings. The fourth-order valence-corrected chi connectivity index (χ4v) is 1.26. The normalized spacial score (nSPS) is 12.5. The Morgan fingerprint density at radius 2 is 1.86 bits per heavy atom. The SMILES string of the molecule is CCCCCCCC(=O)OC(Cl)CC. The van der Waals surface area contributed by atoms with Crippen molar-refractivity contribution in [3.63, 3.8) is 0 Å². The van der Waals surface area contributed by atoms with Crippen LogP contribution < -0.4 is 0 Å². The summed E-state index contributed by atoms with van der Waals surface area (Å²) in [6, 6.07) is 0. The monoisotopic (exact) mass is 220 g/mol. The van der Waals surface area contributed by atoms with Crippen LogP contribution in [0.25, 0.3) is 0 Å². The van der Waals surface area contributed by atoms with E-state index >= 15 is 0 Å². The zero-order valence-corrected chi connectivity index (χ0v) is 9.98. The van der Waals surface area contributed by atoms with E-state index in [2.05, 4.69) is 6.92 Å². The number of halogens is 1. The number of esters is 1. The van der Waals surface area contributed by atoms with E-state index in [4.69, 9.17) is 16.3 Å². The molecule has 0 spiro atoms. The van der Waals surface area contributed by atoms with Crippen molar-refractivity contribution in [1.29, 1.82) is 0 Å². The highest BCUT2D eigenvalue weighted by molar-refractivity contribution is 6.20. The van der Waals surface area contributed by atoms with Gasteiger partial charge in [0.05, 0.1) is 0 Å². The van der Waals surface area contributed by atoms with Crippen molar-refractivity contribution < 1.29 is 9.53 Å². The lowest BCUT2D eigenvalue weighted by Gasteiger charge is -2.08. The molecule has 0 rings (SSSR count). The summed E-state index contributed by atoms with van der Waals surface area (Å²) in [5.41, 5.74) is -0.446. The molecule has 1 unspecified atom stereocenters. The largest absolute Gasteiger partial charge is 0.446 e. The van der Waals surface area contributed by atoms with Gasteiger partial charge in [-0.2, -0.15) is 0 Å². The first-order valence-electron chi connectivity index (χ1n) is 5.54. The van der Waals surface area contributed by atoms with Crippen LogP contribution in [0.2, 0.25) is 0 Å². The summed E-state index contributed by atoms with van der Waals surface area (Å²) in [5, 5.41) is 0. The minimum atomic E-state index is -0.446. The standard InChI is InChI=1S/C11H21ClO2/c1-3-5-6-7-8-9-11(13)14-10(12)4-2/h10H,3-9H2,1-2H3. The lowest BCUT2D eigenvalue weighted by molar-refractivity contribution is -0.145. The maximum absolute atomic E-state index is 11.1. The number of carbonyl (C=O) groups excluding carboxylic acids is 1. The van der Waals surface area contributed by atoms with Gasteiger partial charge in [-0.15, -0.1) is 0 Å². The number of hydrogen-bond donors (Lipinski definition) is 0. The molecule has 0 N–H and O–H groups in total. The van der Waals surface area contributed by atoms with Gasteiger partial charge in [-0.25, -0.2) is 0 Å². The van der Waals surface area contributed by atoms with Crippen LogP contribution in [0.15, 0.2) is 0 Å². The van der Waals surface area contributed by atoms with Gasteiger partial charge in [0.15, 0.2) is 5.56 Å². The fourth-order valence-electron chi connectivity index (χ4n) is 1.16. The van der Waals surface area contributed by atoms with Crippen LogP contribution in [-0.4, -0.2) is 11.5 Å². The average molecular weight is 221 g/mol. The van der Waals surface area contributed by atoms with E-state index in [1.54, 1.807) is 0 Å². The van der Waals surface area contributed by atoms with Crippen LogP contribution in [0.1, 0.15) is 58.8 Å². The Labute approximate surface area is 92.0 Å². The zero-order valence-electron chi connectivity index (χ0n) is 9.22. The smallest absolute Gasteiger partial charge is 0.307 e. The molecule has 2 nitrogen and oxygen atoms in total. The molecular formula is C11H21ClO2. The molecule has 0 aromatic rings. The van der Waals surface area contributed by atoms with Gasteiger partial charge in [0.25, 0.3) is 0 Å². The Kier molecular flexibility index (Phi) is 9.16. The third kappa shape index (κ3) is 8.36. The van der Waals surface area contributed by atoms with Crippen LogP contribution in [0.3, 0.4) is 0 Å². The maximum Gasteiger partial charge on any atom is 0.307 e. The Hall–Kier alpha value is -0.240. The second-order valence-electron chi connectivity index (χ2n) is 3.47. The summed E-state index contributed by atoms with van der Waals surface area (Å²) in [6.07, 6.45) is 6.90. The van der Waals surface area contributed by atoms with Gasteiger partial charge in [0.2, 0.25) is 0 Å². The Bertz CT molecular complexity index is 148. The molecular weight excluding hydrogens is 200 g/mol. The highest BCUT2D eigenvalue weighted by atomic mass is 35.5. The molecule has 1 atom stereocenters. The molecule has 0 aromatic carbocycles. The highest BCUT2D eigenvalue weighted by Crippen LogP contribution is 2.09. The highest BCUT2D eigenvalue weighted by Gasteiger charge is 2.08. The Balaban J connectivity index is 3.27. The molecule has 0 bridgehead atoms. The van der Waals surface area contributed by atoms with E-state index in [0.29, 0.717) is 12.8 Å². The quantitative estimate of drug-likeness (QED) is 0.353. The molecule has 84 valence electrons. The third-order valence-corrected chi connectivity index (χ3v) is 2.46. The van der Waals surface area contributed by atoms with Crippen molar-refractivity contribution in [2.45, 2.75) is 64.4 Å². The third-order valence-electron chi connectivity index (χ3n) is 2.06. The topological polar surface area (TPSA) is 26.3 Å². The average Bonchev–Trinajstić information content (AvgIpc) is 2.17. The van der Waals surface area contributed by atoms with Crippen LogP contribution in [-0.2, 0) is 9.53 Å². The van der Waals surface area contributed by atoms with Crippen LogP contribution >= 0.6 is 11.6 Å². The summed E-state index contributed by atoms with van der Waals surface area (Å²) in [5.74, 6) is -0.164. The summed E-state index contributed by atoms with van der Waals surface area (Å²) >= 11 is 5.68. The van der Waals surface area contributed by atoms with Gasteiger partial charge in [-0.1, -0.05) is 51.1 Å². The van der Waals surface area contributed by atoms with Crippen molar-refractivity contribution >= 4 is 17.6 Å². The predicted molar refractivity (Wildman–Crippen MR) is 59.4 cm³/mol. The van der Waals surface area contributed by atoms with Crippen molar-refractivity contribution in [1.82, 2.24) is 0 Å². The van der Waals surface area contributed by atoms with Crippen molar-refractivity contribution in [3.05, 3.63) is 0 Å². The Morgan fingerprint density at radius 3 is 2.43 bits per heavy atom. The molecule has 3 heteroatoms. The first kappa shape index (κ1) is 13.8. The zero-order chi connectivity index (χ0) is 10.8. The minimum absolute atomic E-state index is 0.164. The van der Waals surface area contributed by atoms with Crippen LogP contribution in [0.4, 0.5) is 0 Å². The molecule has 0 saturated carbocycles. The molecule has 0 heterocycles. The van der Waals surface area contributed by atoms with E-state index in [9.17, 15) is 4.79 Å². The van der Waals surface area contributed by atoms with Crippen LogP contribution in [0, 0.1) is 0 Å². The Morgan fingerprint density at radius 1 is 1.21 bits per heavy atom. The van der Waals surface area contributed by atoms with Crippen molar-refractivity contribution in [2.24, 2.45) is 0 Å². The lowest BCUT2D eigenvalue weighted by atomic mass is 10.1. The van der Waals surface area contributed by atoms with Gasteiger partial charge in [-0.3, -0.25) is 4.79 Å². The number of carbonyl (C=O) groups is 1. The number of rotatable bonds is 8. The molecule has 0 radical (unpaired) electrons. The van der Waals surface area contributed by atoms with E-state index < -0.39 is 5.56 Å². The molecule has 0 aliphatic heterocycles. The molecule has 14 heavy (non-hydrogen) atoms. The van der Waals surface area contributed by atoms with E-state index in [0.717, 1.165) is 12.8 Å². The van der Waals surface area contributed by atoms with Gasteiger partial charge < -0.3 is 4.74 Å². The van der Waals surface area contributed by atoms with Gasteiger partial charge in [-0.05, 0) is 12.8 Å². The first-order chi connectivity index (χ1) is 6.70. The van der Waals surface area contributed by atoms with Gasteiger partial charge >= 0.3 is 5.97 Å². The predicted octanol–water partition coefficient (Wildman–Crippen LogP) is 3.87. The van der Waals surface area contributed by atoms with Gasteiger partial charge in [0.1, 0.15) is 0 Å². The number of hydrogen-bond acceptors (Lipinski definition) is 2. The second-order valence-corrected chi connectivity index (χ2v) is 3.96.